The van der Waals surface area contributed by atoms with E-state index in [4.69, 9.17) is 9.72 Å². The molecule has 9 nitrogen and oxygen atoms in total. The summed E-state index contributed by atoms with van der Waals surface area (Å²) in [6.07, 6.45) is 3.94. The first-order valence-electron chi connectivity index (χ1n) is 13.7. The van der Waals surface area contributed by atoms with Crippen LogP contribution in [-0.2, 0) is 11.2 Å². The molecule has 2 aromatic carbocycles. The smallest absolute Gasteiger partial charge is 0.247 e. The minimum atomic E-state index is -1.06. The van der Waals surface area contributed by atoms with Crippen LogP contribution in [0.25, 0.3) is 22.2 Å². The van der Waals surface area contributed by atoms with Crippen molar-refractivity contribution in [3.05, 3.63) is 67.0 Å². The molecule has 0 radical (unpaired) electrons. The molecule has 0 bridgehead atoms. The van der Waals surface area contributed by atoms with E-state index in [2.05, 4.69) is 32.0 Å². The number of alkyl halides is 1. The van der Waals surface area contributed by atoms with Gasteiger partial charge in [-0.15, -0.1) is 0 Å². The molecule has 4 aromatic rings. The van der Waals surface area contributed by atoms with E-state index in [1.807, 2.05) is 62.1 Å². The average molecular weight is 558 g/mol. The van der Waals surface area contributed by atoms with Gasteiger partial charge in [-0.3, -0.25) is 4.79 Å². The van der Waals surface area contributed by atoms with E-state index in [0.29, 0.717) is 35.2 Å². The van der Waals surface area contributed by atoms with Gasteiger partial charge in [0.25, 0.3) is 0 Å². The lowest BCUT2D eigenvalue weighted by Gasteiger charge is -2.26. The highest BCUT2D eigenvalue weighted by Crippen LogP contribution is 2.42. The molecule has 5 rings (SSSR count). The Hall–Kier alpha value is -4.44. The topological polar surface area (TPSA) is 87.5 Å². The predicted octanol–water partition coefficient (Wildman–Crippen LogP) is 5.78. The van der Waals surface area contributed by atoms with Crippen LogP contribution in [0.5, 0.6) is 5.75 Å². The second-order valence-electron chi connectivity index (χ2n) is 10.4. The lowest BCUT2D eigenvalue weighted by molar-refractivity contribution is -0.111. The fourth-order valence-electron chi connectivity index (χ4n) is 5.32. The highest BCUT2D eigenvalue weighted by atomic mass is 19.1. The third-order valence-electron chi connectivity index (χ3n) is 7.36. The van der Waals surface area contributed by atoms with Crippen LogP contribution < -0.4 is 20.3 Å². The Kier molecular flexibility index (Phi) is 8.21. The molecule has 1 aliphatic rings. The van der Waals surface area contributed by atoms with Gasteiger partial charge in [0.1, 0.15) is 5.75 Å². The molecule has 0 saturated heterocycles. The number of carbonyl (C=O) groups excluding carboxylic acids is 1. The van der Waals surface area contributed by atoms with E-state index in [1.54, 1.807) is 19.4 Å². The normalized spacial score (nSPS) is 14.5. The van der Waals surface area contributed by atoms with Crippen LogP contribution in [0.4, 0.5) is 27.4 Å². The summed E-state index contributed by atoms with van der Waals surface area (Å²) >= 11 is 0. The van der Waals surface area contributed by atoms with Crippen LogP contribution in [0, 0.1) is 0 Å². The van der Waals surface area contributed by atoms with Gasteiger partial charge in [-0.2, -0.15) is 0 Å². The summed E-state index contributed by atoms with van der Waals surface area (Å²) in [5.74, 6) is 0.597. The Labute approximate surface area is 239 Å². The van der Waals surface area contributed by atoms with Crippen molar-refractivity contribution in [2.24, 2.45) is 0 Å². The first kappa shape index (κ1) is 28.1. The highest BCUT2D eigenvalue weighted by molar-refractivity contribution is 6.02. The summed E-state index contributed by atoms with van der Waals surface area (Å²) in [6, 6.07) is 13.4. The van der Waals surface area contributed by atoms with Crippen LogP contribution in [0.1, 0.15) is 24.8 Å². The van der Waals surface area contributed by atoms with E-state index in [-0.39, 0.29) is 5.91 Å². The van der Waals surface area contributed by atoms with Gasteiger partial charge in [0.2, 0.25) is 11.9 Å². The largest absolute Gasteiger partial charge is 0.494 e. The van der Waals surface area contributed by atoms with Gasteiger partial charge >= 0.3 is 0 Å². The number of halogens is 1. The molecule has 1 atom stereocenters. The molecule has 10 heteroatoms. The molecule has 1 unspecified atom stereocenters. The zero-order valence-electron chi connectivity index (χ0n) is 23.9. The number of anilines is 4. The van der Waals surface area contributed by atoms with Crippen LogP contribution in [0.15, 0.2) is 61.3 Å². The molecular formula is C31H36FN7O2. The minimum Gasteiger partial charge on any atom is -0.494 e. The summed E-state index contributed by atoms with van der Waals surface area (Å²) in [5, 5.41) is 7.16. The number of para-hydroxylation sites is 1. The number of fused-ring (bicyclic) bond motifs is 3. The molecule has 41 heavy (non-hydrogen) atoms. The van der Waals surface area contributed by atoms with Gasteiger partial charge in [0, 0.05) is 49.0 Å². The third kappa shape index (κ3) is 5.74. The second-order valence-corrected chi connectivity index (χ2v) is 10.4. The standard InChI is InChI=1S/C31H36FN7O2/c1-6-29(40)34-22-18-23(27(41-5)19-26(22)38(4)17-16-37(2)3)36-31-33-15-14-21(35-31)30-20-10-7-8-11-24(20)39-25(30)12-9-13-28(39)32/h6-8,10-11,14-15,18-19,28H,1,9,12-13,16-17H2,2-5H3,(H,34,40)(H,33,35,36). The molecule has 0 saturated carbocycles. The molecule has 0 aliphatic carbocycles. The van der Waals surface area contributed by atoms with Gasteiger partial charge in [0.15, 0.2) is 6.30 Å². The summed E-state index contributed by atoms with van der Waals surface area (Å²) in [5.41, 5.74) is 5.44. The number of carbonyl (C=O) groups is 1. The fraction of sp³-hybridized carbons (Fsp3) is 0.323. The molecule has 2 N–H and O–H groups in total. The number of likely N-dealkylation sites (N-methyl/N-ethyl adjacent to an activating group) is 2. The number of rotatable bonds is 10. The summed E-state index contributed by atoms with van der Waals surface area (Å²) in [7, 11) is 7.58. The number of nitrogens with one attached hydrogen (secondary N) is 2. The molecule has 1 amide bonds. The molecule has 0 spiro atoms. The number of aromatic nitrogens is 3. The lowest BCUT2D eigenvalue weighted by Crippen LogP contribution is -2.29. The predicted molar refractivity (Wildman–Crippen MR) is 163 cm³/mol. The summed E-state index contributed by atoms with van der Waals surface area (Å²) < 4.78 is 22.6. The second kappa shape index (κ2) is 12.0. The van der Waals surface area contributed by atoms with Gasteiger partial charge < -0.3 is 29.7 Å². The Balaban J connectivity index is 1.54. The van der Waals surface area contributed by atoms with E-state index < -0.39 is 6.30 Å². The third-order valence-corrected chi connectivity index (χ3v) is 7.36. The van der Waals surface area contributed by atoms with E-state index in [1.165, 1.54) is 6.08 Å². The van der Waals surface area contributed by atoms with E-state index in [9.17, 15) is 4.79 Å². The van der Waals surface area contributed by atoms with Crippen molar-refractivity contribution in [3.8, 4) is 17.0 Å². The Bertz CT molecular complexity index is 1580. The maximum atomic E-state index is 15.1. The minimum absolute atomic E-state index is 0.321. The molecule has 1 aliphatic heterocycles. The summed E-state index contributed by atoms with van der Waals surface area (Å²) in [6.45, 7) is 5.15. The Morgan fingerprint density at radius 1 is 1.20 bits per heavy atom. The van der Waals surface area contributed by atoms with Crippen molar-refractivity contribution in [2.75, 3.05) is 56.9 Å². The van der Waals surface area contributed by atoms with E-state index in [0.717, 1.165) is 53.8 Å². The highest BCUT2D eigenvalue weighted by Gasteiger charge is 2.27. The van der Waals surface area contributed by atoms with Crippen molar-refractivity contribution in [3.63, 3.8) is 0 Å². The number of hydrogen-bond acceptors (Lipinski definition) is 7. The zero-order chi connectivity index (χ0) is 29.1. The monoisotopic (exact) mass is 557 g/mol. The molecular weight excluding hydrogens is 521 g/mol. The SMILES string of the molecule is C=CC(=O)Nc1cc(Nc2nccc(-c3c4n(c5ccccc35)C(F)CCC4)n2)c(OC)cc1N(C)CCN(C)C. The van der Waals surface area contributed by atoms with Crippen molar-refractivity contribution >= 4 is 39.8 Å². The van der Waals surface area contributed by atoms with Crippen molar-refractivity contribution in [2.45, 2.75) is 25.6 Å². The van der Waals surface area contributed by atoms with Crippen molar-refractivity contribution < 1.29 is 13.9 Å². The first-order chi connectivity index (χ1) is 19.8. The summed E-state index contributed by atoms with van der Waals surface area (Å²) in [4.78, 5) is 25.8. The van der Waals surface area contributed by atoms with Crippen LogP contribution in [-0.4, -0.2) is 66.7 Å². The van der Waals surface area contributed by atoms with Crippen molar-refractivity contribution in [1.29, 1.82) is 0 Å². The maximum absolute atomic E-state index is 15.1. The van der Waals surface area contributed by atoms with E-state index >= 15 is 4.39 Å². The first-order valence-corrected chi connectivity index (χ1v) is 13.7. The fourth-order valence-corrected chi connectivity index (χ4v) is 5.32. The van der Waals surface area contributed by atoms with Crippen LogP contribution in [0.3, 0.4) is 0 Å². The van der Waals surface area contributed by atoms with Crippen LogP contribution >= 0.6 is 0 Å². The number of methoxy groups -OCH3 is 1. The molecule has 0 fully saturated rings. The maximum Gasteiger partial charge on any atom is 0.247 e. The van der Waals surface area contributed by atoms with Gasteiger partial charge in [-0.05, 0) is 57.6 Å². The molecule has 2 aromatic heterocycles. The van der Waals surface area contributed by atoms with Gasteiger partial charge in [0.05, 0.1) is 35.4 Å². The Morgan fingerprint density at radius 3 is 2.76 bits per heavy atom. The lowest BCUT2D eigenvalue weighted by atomic mass is 10.0. The Morgan fingerprint density at radius 2 is 2.00 bits per heavy atom. The quantitative estimate of drug-likeness (QED) is 0.239. The van der Waals surface area contributed by atoms with Gasteiger partial charge in [-0.1, -0.05) is 24.8 Å². The number of hydrogen-bond donors (Lipinski definition) is 2. The molecule has 214 valence electrons. The number of nitrogens with zero attached hydrogens (tertiary/aromatic N) is 5. The van der Waals surface area contributed by atoms with Crippen molar-refractivity contribution in [1.82, 2.24) is 19.4 Å². The number of amides is 1. The zero-order valence-corrected chi connectivity index (χ0v) is 23.9. The number of benzene rings is 2. The van der Waals surface area contributed by atoms with Crippen LogP contribution in [0.2, 0.25) is 0 Å². The average Bonchev–Trinajstić information content (AvgIpc) is 3.31. The molecule has 3 heterocycles. The van der Waals surface area contributed by atoms with Gasteiger partial charge in [-0.25, -0.2) is 14.4 Å². The number of ether oxygens (including phenoxy) is 1.